The second-order valence-corrected chi connectivity index (χ2v) is 15.0. The molecular formula is C32H53N4O3+. The topological polar surface area (TPSA) is 71.0 Å². The van der Waals surface area contributed by atoms with Gasteiger partial charge in [0.05, 0.1) is 39.9 Å². The minimum Gasteiger partial charge on any atom is -0.329 e. The highest BCUT2D eigenvalue weighted by Crippen LogP contribution is 2.66. The van der Waals surface area contributed by atoms with Gasteiger partial charge in [-0.3, -0.25) is 14.5 Å². The van der Waals surface area contributed by atoms with Crippen LogP contribution in [0.4, 0.5) is 4.79 Å². The van der Waals surface area contributed by atoms with E-state index in [4.69, 9.17) is 4.84 Å². The molecule has 1 saturated heterocycles. The number of rotatable bonds is 7. The van der Waals surface area contributed by atoms with Crippen LogP contribution in [-0.2, 0) is 9.63 Å². The summed E-state index contributed by atoms with van der Waals surface area (Å²) in [5, 5.41) is 8.05. The van der Waals surface area contributed by atoms with Crippen molar-refractivity contribution in [3.8, 4) is 0 Å². The van der Waals surface area contributed by atoms with Gasteiger partial charge in [-0.25, -0.2) is 4.79 Å². The zero-order valence-electron chi connectivity index (χ0n) is 25.4. The first kappa shape index (κ1) is 28.8. The largest absolute Gasteiger partial charge is 0.436 e. The quantitative estimate of drug-likeness (QED) is 0.203. The Morgan fingerprint density at radius 3 is 2.62 bits per heavy atom. The van der Waals surface area contributed by atoms with Crippen molar-refractivity contribution in [2.45, 2.75) is 91.0 Å². The maximum Gasteiger partial charge on any atom is 0.436 e. The van der Waals surface area contributed by atoms with Crippen molar-refractivity contribution < 1.29 is 18.9 Å². The molecular weight excluding hydrogens is 488 g/mol. The lowest BCUT2D eigenvalue weighted by Gasteiger charge is -2.58. The van der Waals surface area contributed by atoms with E-state index >= 15 is 0 Å². The van der Waals surface area contributed by atoms with E-state index in [1.807, 2.05) is 11.0 Å². The lowest BCUT2D eigenvalue weighted by molar-refractivity contribution is -0.869. The zero-order chi connectivity index (χ0) is 28.0. The van der Waals surface area contributed by atoms with Gasteiger partial charge in [-0.05, 0) is 106 Å². The molecule has 1 amide bonds. The fourth-order valence-electron chi connectivity index (χ4n) is 9.33. The van der Waals surface area contributed by atoms with Gasteiger partial charge in [-0.2, -0.15) is 0 Å². The maximum atomic E-state index is 13.2. The molecule has 39 heavy (non-hydrogen) atoms. The first-order chi connectivity index (χ1) is 18.4. The summed E-state index contributed by atoms with van der Waals surface area (Å²) >= 11 is 0. The first-order valence-electron chi connectivity index (χ1n) is 15.7. The Bertz CT molecular complexity index is 1010. The van der Waals surface area contributed by atoms with Crippen molar-refractivity contribution in [2.24, 2.45) is 39.7 Å². The second-order valence-electron chi connectivity index (χ2n) is 15.0. The molecule has 5 aliphatic rings. The van der Waals surface area contributed by atoms with Crippen LogP contribution in [0.1, 0.15) is 85.0 Å². The Balaban J connectivity index is 1.26. The first-order valence-corrected chi connectivity index (χ1v) is 15.7. The highest BCUT2D eigenvalue weighted by molar-refractivity contribution is 5.91. The second kappa shape index (κ2) is 10.9. The lowest BCUT2D eigenvalue weighted by Crippen LogP contribution is -2.51. The van der Waals surface area contributed by atoms with Crippen LogP contribution in [0.2, 0.25) is 0 Å². The van der Waals surface area contributed by atoms with Gasteiger partial charge in [-0.1, -0.05) is 24.6 Å². The Morgan fingerprint density at radius 2 is 1.90 bits per heavy atom. The summed E-state index contributed by atoms with van der Waals surface area (Å²) in [6.07, 6.45) is 12.8. The molecule has 0 aromatic heterocycles. The molecule has 0 radical (unpaired) electrons. The third-order valence-electron chi connectivity index (χ3n) is 11.6. The van der Waals surface area contributed by atoms with Crippen LogP contribution in [0.3, 0.4) is 0 Å². The van der Waals surface area contributed by atoms with Crippen molar-refractivity contribution in [1.82, 2.24) is 10.2 Å². The predicted molar refractivity (Wildman–Crippen MR) is 155 cm³/mol. The van der Waals surface area contributed by atoms with E-state index in [0.29, 0.717) is 49.1 Å². The Kier molecular flexibility index (Phi) is 8.06. The zero-order valence-corrected chi connectivity index (χ0v) is 25.4. The van der Waals surface area contributed by atoms with Gasteiger partial charge in [0.2, 0.25) is 0 Å². The SMILES string of the molecule is C/C(=N\OC(=O)N(CC[N+](C)(C)C)CC1CCCN1)[C@H]1CC[C@H]2[C@@H]3CCC4=CC(=O)CC[C@]4(C)[C@H]3CC[C@]12C. The van der Waals surface area contributed by atoms with E-state index in [-0.39, 0.29) is 16.9 Å². The van der Waals surface area contributed by atoms with Crippen molar-refractivity contribution in [3.05, 3.63) is 11.6 Å². The Hall–Kier alpha value is -1.73. The average Bonchev–Trinajstić information content (AvgIpc) is 3.52. The molecule has 218 valence electrons. The number of amides is 1. The standard InChI is InChI=1S/C32H53N4O3/c1-22(34-39-30(38)35(18-19-36(4,5)6)21-24-8-7-17-33-24)27-11-12-28-26-10-9-23-20-25(37)13-15-31(23,2)29(26)14-16-32(27,28)3/h20,24,26-29,33H,7-19,21H2,1-6H3/q+1/b34-22+/t24?,26-,27+,28-,29-,31-,32+/m0/s1. The third kappa shape index (κ3) is 5.72. The molecule has 1 unspecified atom stereocenters. The normalized spacial score (nSPS) is 38.5. The van der Waals surface area contributed by atoms with Crippen molar-refractivity contribution in [1.29, 1.82) is 0 Å². The number of quaternary nitrogens is 1. The molecule has 4 aliphatic carbocycles. The Morgan fingerprint density at radius 1 is 1.10 bits per heavy atom. The molecule has 7 heteroatoms. The molecule has 0 aromatic carbocycles. The lowest BCUT2D eigenvalue weighted by atomic mass is 9.46. The van der Waals surface area contributed by atoms with E-state index in [1.165, 1.54) is 31.3 Å². The van der Waals surface area contributed by atoms with E-state index in [1.54, 1.807) is 0 Å². The summed E-state index contributed by atoms with van der Waals surface area (Å²) < 4.78 is 0.806. The molecule has 1 aliphatic heterocycles. The number of hydrogen-bond acceptors (Lipinski definition) is 5. The van der Waals surface area contributed by atoms with E-state index in [9.17, 15) is 9.59 Å². The van der Waals surface area contributed by atoms with Gasteiger partial charge in [0, 0.05) is 24.9 Å². The smallest absolute Gasteiger partial charge is 0.329 e. The summed E-state index contributed by atoms with van der Waals surface area (Å²) in [6, 6.07) is 0.342. The highest BCUT2D eigenvalue weighted by Gasteiger charge is 2.59. The molecule has 7 atom stereocenters. The molecule has 5 rings (SSSR count). The maximum absolute atomic E-state index is 13.2. The minimum absolute atomic E-state index is 0.207. The summed E-state index contributed by atoms with van der Waals surface area (Å²) in [5.74, 6) is 2.80. The summed E-state index contributed by atoms with van der Waals surface area (Å²) in [5.41, 5.74) is 2.84. The highest BCUT2D eigenvalue weighted by atomic mass is 16.7. The predicted octanol–water partition coefficient (Wildman–Crippen LogP) is 5.41. The van der Waals surface area contributed by atoms with Crippen molar-refractivity contribution in [3.63, 3.8) is 0 Å². The fraction of sp³-hybridized carbons (Fsp3) is 0.844. The van der Waals surface area contributed by atoms with Crippen LogP contribution in [0.5, 0.6) is 0 Å². The van der Waals surface area contributed by atoms with Gasteiger partial charge in [0.1, 0.15) is 0 Å². The third-order valence-corrected chi connectivity index (χ3v) is 11.6. The summed E-state index contributed by atoms with van der Waals surface area (Å²) in [4.78, 5) is 32.9. The number of allylic oxidation sites excluding steroid dienone is 1. The van der Waals surface area contributed by atoms with Crippen molar-refractivity contribution in [2.75, 3.05) is 47.3 Å². The number of fused-ring (bicyclic) bond motifs is 5. The van der Waals surface area contributed by atoms with Gasteiger partial charge in [0.15, 0.2) is 5.78 Å². The van der Waals surface area contributed by atoms with Gasteiger partial charge in [0.25, 0.3) is 0 Å². The number of likely N-dealkylation sites (N-methyl/N-ethyl adjacent to an activating group) is 1. The fourth-order valence-corrected chi connectivity index (χ4v) is 9.33. The number of nitrogens with zero attached hydrogens (tertiary/aromatic N) is 3. The molecule has 1 heterocycles. The average molecular weight is 542 g/mol. The van der Waals surface area contributed by atoms with Crippen LogP contribution >= 0.6 is 0 Å². The molecule has 7 nitrogen and oxygen atoms in total. The van der Waals surface area contributed by atoms with E-state index in [2.05, 4.69) is 52.4 Å². The molecule has 0 aromatic rings. The molecule has 0 spiro atoms. The van der Waals surface area contributed by atoms with Gasteiger partial charge < -0.3 is 9.80 Å². The number of nitrogens with one attached hydrogen (secondary N) is 1. The monoisotopic (exact) mass is 541 g/mol. The van der Waals surface area contributed by atoms with Crippen LogP contribution in [-0.4, -0.2) is 80.3 Å². The van der Waals surface area contributed by atoms with E-state index in [0.717, 1.165) is 61.3 Å². The molecule has 0 bridgehead atoms. The van der Waals surface area contributed by atoms with Crippen LogP contribution in [0.15, 0.2) is 16.8 Å². The number of oxime groups is 1. The van der Waals surface area contributed by atoms with Crippen LogP contribution < -0.4 is 5.32 Å². The number of carbonyl (C=O) groups excluding carboxylic acids is 2. The minimum atomic E-state index is -0.314. The number of ketones is 1. The van der Waals surface area contributed by atoms with Crippen molar-refractivity contribution >= 4 is 17.6 Å². The van der Waals surface area contributed by atoms with E-state index < -0.39 is 0 Å². The number of hydrogen-bond donors (Lipinski definition) is 1. The Labute approximate surface area is 236 Å². The molecule has 1 N–H and O–H groups in total. The molecule has 3 saturated carbocycles. The number of carbonyl (C=O) groups is 2. The van der Waals surface area contributed by atoms with Crippen LogP contribution in [0, 0.1) is 34.5 Å². The summed E-state index contributed by atoms with van der Waals surface area (Å²) in [6.45, 7) is 10.3. The molecule has 4 fully saturated rings. The van der Waals surface area contributed by atoms with Crippen LogP contribution in [0.25, 0.3) is 0 Å². The van der Waals surface area contributed by atoms with Gasteiger partial charge >= 0.3 is 6.09 Å². The van der Waals surface area contributed by atoms with Gasteiger partial charge in [-0.15, -0.1) is 0 Å². The summed E-state index contributed by atoms with van der Waals surface area (Å²) in [7, 11) is 6.47.